The highest BCUT2D eigenvalue weighted by Crippen LogP contribution is 2.38. The number of aromatic nitrogens is 1. The molecule has 3 rings (SSSR count). The van der Waals surface area contributed by atoms with Crippen molar-refractivity contribution >= 4 is 0 Å². The third-order valence-corrected chi connectivity index (χ3v) is 6.42. The van der Waals surface area contributed by atoms with Crippen molar-refractivity contribution in [2.45, 2.75) is 55.6 Å². The van der Waals surface area contributed by atoms with Gasteiger partial charge in [0.25, 0.3) is 0 Å². The molecule has 2 fully saturated rings. The summed E-state index contributed by atoms with van der Waals surface area (Å²) in [6.07, 6.45) is 7.14. The molecular weight excluding hydrogens is 328 g/mol. The Bertz CT molecular complexity index is 624. The van der Waals surface area contributed by atoms with E-state index in [1.807, 2.05) is 18.3 Å². The van der Waals surface area contributed by atoms with E-state index >= 15 is 0 Å². The van der Waals surface area contributed by atoms with Crippen molar-refractivity contribution in [1.82, 2.24) is 15.2 Å². The lowest BCUT2D eigenvalue weighted by atomic mass is 9.69. The molecule has 6 nitrogen and oxygen atoms in total. The van der Waals surface area contributed by atoms with Gasteiger partial charge >= 0.3 is 0 Å². The molecular formula is C20H30N4O2. The molecule has 2 N–H and O–H groups in total. The zero-order chi connectivity index (χ0) is 18.6. The summed E-state index contributed by atoms with van der Waals surface area (Å²) >= 11 is 0. The molecule has 0 spiro atoms. The van der Waals surface area contributed by atoms with Gasteiger partial charge in [0.15, 0.2) is 0 Å². The first-order valence-electron chi connectivity index (χ1n) is 9.52. The van der Waals surface area contributed by atoms with E-state index in [-0.39, 0.29) is 12.1 Å². The van der Waals surface area contributed by atoms with Crippen LogP contribution >= 0.6 is 0 Å². The zero-order valence-corrected chi connectivity index (χ0v) is 15.8. The predicted molar refractivity (Wildman–Crippen MR) is 99.6 cm³/mol. The first-order chi connectivity index (χ1) is 12.6. The smallest absolute Gasteiger partial charge is 0.0838 e. The third-order valence-electron chi connectivity index (χ3n) is 6.42. The Morgan fingerprint density at radius 2 is 2.23 bits per heavy atom. The van der Waals surface area contributed by atoms with Crippen molar-refractivity contribution in [3.8, 4) is 6.07 Å². The van der Waals surface area contributed by atoms with Crippen molar-refractivity contribution in [2.24, 2.45) is 0 Å². The molecule has 1 aliphatic carbocycles. The SMILES string of the molecule is C[C@@H]1COC[C@@](CO)(CNC2CCC(C#N)(c3cccnc3)CC2)N1C. The first kappa shape index (κ1) is 19.2. The molecule has 1 aromatic heterocycles. The van der Waals surface area contributed by atoms with Crippen LogP contribution in [0.2, 0.25) is 0 Å². The van der Waals surface area contributed by atoms with E-state index < -0.39 is 5.41 Å². The second-order valence-electron chi connectivity index (χ2n) is 7.95. The van der Waals surface area contributed by atoms with Gasteiger partial charge in [-0.1, -0.05) is 6.07 Å². The quantitative estimate of drug-likeness (QED) is 0.829. The molecule has 142 valence electrons. The Hall–Kier alpha value is -1.52. The Balaban J connectivity index is 1.59. The van der Waals surface area contributed by atoms with Gasteiger partial charge in [0, 0.05) is 31.0 Å². The third kappa shape index (κ3) is 3.63. The standard InChI is InChI=1S/C20H30N4O2/c1-16-11-26-15-20(14-25,24(16)2)13-23-18-5-7-19(12-21,8-6-18)17-4-3-9-22-10-17/h3-4,9-10,16,18,23,25H,5-8,11,13-15H2,1-2H3/t16-,18?,19?,20+/m1/s1. The Labute approximate surface area is 156 Å². The van der Waals surface area contributed by atoms with Crippen molar-refractivity contribution < 1.29 is 9.84 Å². The van der Waals surface area contributed by atoms with Gasteiger partial charge < -0.3 is 15.2 Å². The Morgan fingerprint density at radius 1 is 1.46 bits per heavy atom. The average Bonchev–Trinajstić information content (AvgIpc) is 2.70. The molecule has 2 heterocycles. The van der Waals surface area contributed by atoms with Gasteiger partial charge in [0.1, 0.15) is 0 Å². The molecule has 1 saturated carbocycles. The molecule has 0 aromatic carbocycles. The van der Waals surface area contributed by atoms with Crippen molar-refractivity contribution in [1.29, 1.82) is 5.26 Å². The van der Waals surface area contributed by atoms with Gasteiger partial charge in [0.2, 0.25) is 0 Å². The van der Waals surface area contributed by atoms with Crippen LogP contribution in [-0.2, 0) is 10.2 Å². The number of ether oxygens (including phenoxy) is 1. The molecule has 26 heavy (non-hydrogen) atoms. The molecule has 1 aliphatic heterocycles. The molecule has 2 atom stereocenters. The van der Waals surface area contributed by atoms with E-state index in [9.17, 15) is 10.4 Å². The van der Waals surface area contributed by atoms with E-state index in [4.69, 9.17) is 4.74 Å². The second-order valence-corrected chi connectivity index (χ2v) is 7.95. The lowest BCUT2D eigenvalue weighted by Gasteiger charge is -2.48. The van der Waals surface area contributed by atoms with Gasteiger partial charge in [-0.05, 0) is 51.3 Å². The first-order valence-corrected chi connectivity index (χ1v) is 9.52. The summed E-state index contributed by atoms with van der Waals surface area (Å²) in [5.74, 6) is 0. The molecule has 0 amide bonds. The Morgan fingerprint density at radius 3 is 2.85 bits per heavy atom. The van der Waals surface area contributed by atoms with Crippen LogP contribution < -0.4 is 5.32 Å². The minimum Gasteiger partial charge on any atom is -0.394 e. The minimum atomic E-state index is -0.416. The van der Waals surface area contributed by atoms with Gasteiger partial charge in [0.05, 0.1) is 36.8 Å². The van der Waals surface area contributed by atoms with Gasteiger partial charge in [-0.15, -0.1) is 0 Å². The number of rotatable bonds is 5. The van der Waals surface area contributed by atoms with Crippen LogP contribution in [0.15, 0.2) is 24.5 Å². The second kappa shape index (κ2) is 8.01. The van der Waals surface area contributed by atoms with Crippen molar-refractivity contribution in [3.05, 3.63) is 30.1 Å². The molecule has 1 saturated heterocycles. The number of aliphatic hydroxyl groups excluding tert-OH is 1. The lowest BCUT2D eigenvalue weighted by molar-refractivity contribution is -0.107. The van der Waals surface area contributed by atoms with Crippen LogP contribution in [0.4, 0.5) is 0 Å². The Kier molecular flexibility index (Phi) is 5.93. The van der Waals surface area contributed by atoms with E-state index in [2.05, 4.69) is 35.2 Å². The summed E-state index contributed by atoms with van der Waals surface area (Å²) in [6, 6.07) is 7.13. The fraction of sp³-hybridized carbons (Fsp3) is 0.700. The van der Waals surface area contributed by atoms with Crippen LogP contribution in [0.1, 0.15) is 38.2 Å². The summed E-state index contributed by atoms with van der Waals surface area (Å²) in [7, 11) is 2.06. The topological polar surface area (TPSA) is 81.4 Å². The maximum Gasteiger partial charge on any atom is 0.0838 e. The monoisotopic (exact) mass is 358 g/mol. The van der Waals surface area contributed by atoms with Crippen LogP contribution in [-0.4, -0.2) is 66.0 Å². The summed E-state index contributed by atoms with van der Waals surface area (Å²) in [5, 5.41) is 23.5. The number of hydrogen-bond donors (Lipinski definition) is 2. The highest BCUT2D eigenvalue weighted by molar-refractivity contribution is 5.30. The van der Waals surface area contributed by atoms with Gasteiger partial charge in [-0.25, -0.2) is 0 Å². The highest BCUT2D eigenvalue weighted by Gasteiger charge is 2.42. The van der Waals surface area contributed by atoms with E-state index in [0.29, 0.717) is 31.8 Å². The van der Waals surface area contributed by atoms with E-state index in [1.54, 1.807) is 6.20 Å². The number of morpholine rings is 1. The number of nitrogens with one attached hydrogen (secondary N) is 1. The molecule has 2 aliphatic rings. The molecule has 0 radical (unpaired) electrons. The molecule has 1 aromatic rings. The number of aliphatic hydroxyl groups is 1. The van der Waals surface area contributed by atoms with E-state index in [0.717, 1.165) is 31.2 Å². The normalized spacial score (nSPS) is 35.8. The number of likely N-dealkylation sites (N-methyl/N-ethyl adjacent to an activating group) is 1. The number of nitriles is 1. The summed E-state index contributed by atoms with van der Waals surface area (Å²) in [5.41, 5.74) is 0.243. The molecule has 6 heteroatoms. The molecule has 0 unspecified atom stereocenters. The zero-order valence-electron chi connectivity index (χ0n) is 15.8. The highest BCUT2D eigenvalue weighted by atomic mass is 16.5. The van der Waals surface area contributed by atoms with Crippen LogP contribution in [0, 0.1) is 11.3 Å². The largest absolute Gasteiger partial charge is 0.394 e. The van der Waals surface area contributed by atoms with Crippen molar-refractivity contribution in [2.75, 3.05) is 33.4 Å². The van der Waals surface area contributed by atoms with Crippen molar-refractivity contribution in [3.63, 3.8) is 0 Å². The van der Waals surface area contributed by atoms with E-state index in [1.165, 1.54) is 0 Å². The summed E-state index contributed by atoms with van der Waals surface area (Å²) < 4.78 is 5.72. The predicted octanol–water partition coefficient (Wildman–Crippen LogP) is 1.46. The van der Waals surface area contributed by atoms with Gasteiger partial charge in [-0.2, -0.15) is 5.26 Å². The number of nitrogens with zero attached hydrogens (tertiary/aromatic N) is 3. The average molecular weight is 358 g/mol. The summed E-state index contributed by atoms with van der Waals surface area (Å²) in [4.78, 5) is 6.43. The maximum absolute atomic E-state index is 10.0. The fourth-order valence-corrected chi connectivity index (χ4v) is 4.25. The molecule has 0 bridgehead atoms. The lowest BCUT2D eigenvalue weighted by Crippen LogP contribution is -2.66. The summed E-state index contributed by atoms with van der Waals surface area (Å²) in [6.45, 7) is 4.14. The fourth-order valence-electron chi connectivity index (χ4n) is 4.25. The van der Waals surface area contributed by atoms with Crippen LogP contribution in [0.25, 0.3) is 0 Å². The maximum atomic E-state index is 10.0. The minimum absolute atomic E-state index is 0.0748. The van der Waals surface area contributed by atoms with Crippen LogP contribution in [0.5, 0.6) is 0 Å². The van der Waals surface area contributed by atoms with Crippen LogP contribution in [0.3, 0.4) is 0 Å². The number of pyridine rings is 1. The number of hydrogen-bond acceptors (Lipinski definition) is 6. The van der Waals surface area contributed by atoms with Gasteiger partial charge in [-0.3, -0.25) is 9.88 Å².